The Morgan fingerprint density at radius 1 is 1.19 bits per heavy atom. The van der Waals surface area contributed by atoms with Crippen LogP contribution in [-0.2, 0) is 4.79 Å². The fourth-order valence-corrected chi connectivity index (χ4v) is 3.26. The minimum absolute atomic E-state index is 0.108. The molecule has 2 aromatic carbocycles. The Kier molecular flexibility index (Phi) is 6.66. The molecule has 0 fully saturated rings. The highest BCUT2D eigenvalue weighted by molar-refractivity contribution is 9.11. The summed E-state index contributed by atoms with van der Waals surface area (Å²) in [6.45, 7) is 5.36. The molecule has 0 saturated carbocycles. The molecule has 0 atom stereocenters. The second kappa shape index (κ2) is 8.55. The van der Waals surface area contributed by atoms with Gasteiger partial charge in [0.2, 0.25) is 0 Å². The number of carbonyl (C=O) groups excluding carboxylic acids is 1. The van der Waals surface area contributed by atoms with Gasteiger partial charge in [0.25, 0.3) is 5.91 Å². The van der Waals surface area contributed by atoms with Crippen molar-refractivity contribution in [2.24, 2.45) is 5.10 Å². The summed E-state index contributed by atoms with van der Waals surface area (Å²) in [6.07, 6.45) is 1.30. The smallest absolute Gasteiger partial charge is 0.277 e. The Bertz CT molecular complexity index is 853. The van der Waals surface area contributed by atoms with E-state index in [-0.39, 0.29) is 22.6 Å². The number of aromatic hydroxyl groups is 2. The van der Waals surface area contributed by atoms with E-state index < -0.39 is 5.91 Å². The molecule has 0 aliphatic heterocycles. The second-order valence-corrected chi connectivity index (χ2v) is 7.30. The maximum Gasteiger partial charge on any atom is 0.277 e. The van der Waals surface area contributed by atoms with E-state index in [9.17, 15) is 15.0 Å². The predicted octanol–water partition coefficient (Wildman–Crippen LogP) is 4.08. The summed E-state index contributed by atoms with van der Waals surface area (Å²) in [5.41, 5.74) is 5.26. The van der Waals surface area contributed by atoms with Crippen LogP contribution in [0.15, 0.2) is 32.2 Å². The highest BCUT2D eigenvalue weighted by Gasteiger charge is 2.17. The summed E-state index contributed by atoms with van der Waals surface area (Å²) >= 11 is 6.34. The first-order chi connectivity index (χ1) is 12.2. The van der Waals surface area contributed by atoms with Crippen LogP contribution in [0, 0.1) is 20.8 Å². The summed E-state index contributed by atoms with van der Waals surface area (Å²) in [4.78, 5) is 11.9. The van der Waals surface area contributed by atoms with Gasteiger partial charge in [-0.3, -0.25) is 4.79 Å². The Balaban J connectivity index is 2.03. The number of hydrogen-bond donors (Lipinski definition) is 3. The number of phenols is 2. The second-order valence-electron chi connectivity index (χ2n) is 5.71. The molecule has 8 heteroatoms. The van der Waals surface area contributed by atoms with Crippen LogP contribution in [0.5, 0.6) is 17.2 Å². The summed E-state index contributed by atoms with van der Waals surface area (Å²) < 4.78 is 6.06. The predicted molar refractivity (Wildman–Crippen MR) is 107 cm³/mol. The first kappa shape index (κ1) is 20.3. The van der Waals surface area contributed by atoms with Gasteiger partial charge in [0.1, 0.15) is 21.7 Å². The van der Waals surface area contributed by atoms with E-state index >= 15 is 0 Å². The van der Waals surface area contributed by atoms with E-state index in [1.807, 2.05) is 32.0 Å². The molecule has 2 rings (SSSR count). The van der Waals surface area contributed by atoms with Crippen molar-refractivity contribution in [3.63, 3.8) is 0 Å². The highest BCUT2D eigenvalue weighted by Crippen LogP contribution is 2.43. The number of aryl methyl sites for hydroxylation is 2. The van der Waals surface area contributed by atoms with Crippen LogP contribution in [0.3, 0.4) is 0 Å². The Morgan fingerprint density at radius 2 is 1.88 bits per heavy atom. The number of ether oxygens (including phenoxy) is 1. The fourth-order valence-electron chi connectivity index (χ4n) is 2.17. The molecule has 3 N–H and O–H groups in total. The topological polar surface area (TPSA) is 91.2 Å². The van der Waals surface area contributed by atoms with Gasteiger partial charge in [-0.2, -0.15) is 5.10 Å². The summed E-state index contributed by atoms with van der Waals surface area (Å²) in [5, 5.41) is 23.8. The summed E-state index contributed by atoms with van der Waals surface area (Å²) in [7, 11) is 0. The van der Waals surface area contributed by atoms with E-state index in [4.69, 9.17) is 4.74 Å². The van der Waals surface area contributed by atoms with Crippen molar-refractivity contribution in [2.45, 2.75) is 20.8 Å². The minimum Gasteiger partial charge on any atom is -0.506 e. The van der Waals surface area contributed by atoms with Crippen LogP contribution < -0.4 is 10.2 Å². The minimum atomic E-state index is -0.434. The number of carbonyl (C=O) groups is 1. The van der Waals surface area contributed by atoms with Gasteiger partial charge in [-0.15, -0.1) is 0 Å². The third kappa shape index (κ3) is 4.56. The number of hydrogen-bond acceptors (Lipinski definition) is 5. The molecule has 1 amide bonds. The number of nitrogens with one attached hydrogen (secondary N) is 1. The van der Waals surface area contributed by atoms with Crippen molar-refractivity contribution in [3.05, 3.63) is 49.4 Å². The van der Waals surface area contributed by atoms with Gasteiger partial charge in [-0.25, -0.2) is 5.43 Å². The number of phenolic OH excluding ortho intramolecular Hbond substituents is 2. The lowest BCUT2D eigenvalue weighted by Gasteiger charge is -2.11. The molecule has 138 valence electrons. The van der Waals surface area contributed by atoms with Gasteiger partial charge in [-0.1, -0.05) is 12.1 Å². The van der Waals surface area contributed by atoms with Gasteiger partial charge in [0.15, 0.2) is 6.61 Å². The molecule has 2 aromatic rings. The van der Waals surface area contributed by atoms with Gasteiger partial charge in [0, 0.05) is 5.56 Å². The van der Waals surface area contributed by atoms with Crippen LogP contribution >= 0.6 is 31.9 Å². The van der Waals surface area contributed by atoms with Crippen molar-refractivity contribution >= 4 is 44.0 Å². The lowest BCUT2D eigenvalue weighted by atomic mass is 10.1. The van der Waals surface area contributed by atoms with Crippen LogP contribution in [0.2, 0.25) is 0 Å². The average Bonchev–Trinajstić information content (AvgIpc) is 2.62. The largest absolute Gasteiger partial charge is 0.506 e. The average molecular weight is 486 g/mol. The number of hydrazone groups is 1. The quantitative estimate of drug-likeness (QED) is 0.439. The normalized spacial score (nSPS) is 11.0. The zero-order valence-corrected chi connectivity index (χ0v) is 17.6. The van der Waals surface area contributed by atoms with Crippen LogP contribution in [0.25, 0.3) is 0 Å². The molecule has 0 saturated heterocycles. The molecule has 6 nitrogen and oxygen atoms in total. The standard InChI is InChI=1S/C18H18Br2N2O4/c1-9-4-5-10(2)13(6-9)26-8-14(23)22-21-7-12-11(3)15(19)18(25)16(20)17(12)24/h4-7,24-25H,8H2,1-3H3,(H,22,23). The summed E-state index contributed by atoms with van der Waals surface area (Å²) in [6, 6.07) is 5.75. The first-order valence-corrected chi connectivity index (χ1v) is 9.22. The number of nitrogens with zero attached hydrogens (tertiary/aromatic N) is 1. The van der Waals surface area contributed by atoms with Crippen molar-refractivity contribution in [1.82, 2.24) is 5.43 Å². The number of benzene rings is 2. The van der Waals surface area contributed by atoms with Crippen LogP contribution in [0.4, 0.5) is 0 Å². The van der Waals surface area contributed by atoms with E-state index in [2.05, 4.69) is 42.4 Å². The van der Waals surface area contributed by atoms with Crippen molar-refractivity contribution < 1.29 is 19.7 Å². The molecule has 0 radical (unpaired) electrons. The van der Waals surface area contributed by atoms with E-state index in [0.29, 0.717) is 21.3 Å². The van der Waals surface area contributed by atoms with E-state index in [0.717, 1.165) is 11.1 Å². The van der Waals surface area contributed by atoms with Crippen LogP contribution in [-0.4, -0.2) is 28.9 Å². The molecule has 0 heterocycles. The van der Waals surface area contributed by atoms with Gasteiger partial charge in [-0.05, 0) is 75.4 Å². The van der Waals surface area contributed by atoms with Crippen molar-refractivity contribution in [3.8, 4) is 17.2 Å². The zero-order chi connectivity index (χ0) is 19.4. The van der Waals surface area contributed by atoms with Gasteiger partial charge in [0.05, 0.1) is 10.7 Å². The molecule has 0 aliphatic carbocycles. The third-order valence-corrected chi connectivity index (χ3v) is 5.42. The third-order valence-electron chi connectivity index (χ3n) is 3.70. The monoisotopic (exact) mass is 484 g/mol. The molecular formula is C18H18Br2N2O4. The number of rotatable bonds is 5. The lowest BCUT2D eigenvalue weighted by molar-refractivity contribution is -0.123. The molecule has 0 spiro atoms. The molecular weight excluding hydrogens is 468 g/mol. The Morgan fingerprint density at radius 3 is 2.58 bits per heavy atom. The molecule has 0 bridgehead atoms. The number of halogens is 2. The Labute approximate surface area is 168 Å². The molecule has 0 aromatic heterocycles. The summed E-state index contributed by atoms with van der Waals surface area (Å²) in [5.74, 6) is -0.0730. The van der Waals surface area contributed by atoms with E-state index in [1.54, 1.807) is 6.92 Å². The highest BCUT2D eigenvalue weighted by atomic mass is 79.9. The maximum absolute atomic E-state index is 11.9. The Hall–Kier alpha value is -2.06. The first-order valence-electron chi connectivity index (χ1n) is 7.63. The molecule has 26 heavy (non-hydrogen) atoms. The maximum atomic E-state index is 11.9. The van der Waals surface area contributed by atoms with Crippen molar-refractivity contribution in [1.29, 1.82) is 0 Å². The van der Waals surface area contributed by atoms with Gasteiger partial charge < -0.3 is 14.9 Å². The fraction of sp³-hybridized carbons (Fsp3) is 0.222. The van der Waals surface area contributed by atoms with Crippen LogP contribution in [0.1, 0.15) is 22.3 Å². The molecule has 0 unspecified atom stereocenters. The SMILES string of the molecule is Cc1ccc(C)c(OCC(=O)NN=Cc2c(C)c(Br)c(O)c(Br)c2O)c1. The lowest BCUT2D eigenvalue weighted by Crippen LogP contribution is -2.24. The number of amides is 1. The molecule has 0 aliphatic rings. The zero-order valence-electron chi connectivity index (χ0n) is 14.4. The van der Waals surface area contributed by atoms with Gasteiger partial charge >= 0.3 is 0 Å². The van der Waals surface area contributed by atoms with Crippen molar-refractivity contribution in [2.75, 3.05) is 6.61 Å². The van der Waals surface area contributed by atoms with E-state index in [1.165, 1.54) is 6.21 Å².